The zero-order chi connectivity index (χ0) is 12.3. The van der Waals surface area contributed by atoms with E-state index < -0.39 is 0 Å². The van der Waals surface area contributed by atoms with Crippen molar-refractivity contribution in [1.82, 2.24) is 9.78 Å². The number of aliphatic hydroxyl groups excluding tert-OH is 1. The minimum absolute atomic E-state index is 0.0275. The molecule has 0 aliphatic carbocycles. The fraction of sp³-hybridized carbons (Fsp3) is 0.636. The van der Waals surface area contributed by atoms with Gasteiger partial charge in [0.25, 0.3) is 0 Å². The zero-order valence-corrected chi connectivity index (χ0v) is 10.2. The largest absolute Gasteiger partial charge is 0.391 e. The summed E-state index contributed by atoms with van der Waals surface area (Å²) in [4.78, 5) is 1.96. The molecule has 0 bridgehead atoms. The number of nitrogens with zero attached hydrogens (tertiary/aromatic N) is 4. The first-order valence-corrected chi connectivity index (χ1v) is 5.25. The molecule has 5 nitrogen and oxygen atoms in total. The Labute approximate surface area is 95.9 Å². The van der Waals surface area contributed by atoms with Gasteiger partial charge in [0.2, 0.25) is 0 Å². The summed E-state index contributed by atoms with van der Waals surface area (Å²) in [6.45, 7) is 4.34. The van der Waals surface area contributed by atoms with Gasteiger partial charge in [-0.2, -0.15) is 10.4 Å². The molecule has 1 unspecified atom stereocenters. The van der Waals surface area contributed by atoms with Crippen molar-refractivity contribution in [1.29, 1.82) is 5.26 Å². The third-order valence-corrected chi connectivity index (χ3v) is 2.60. The van der Waals surface area contributed by atoms with Crippen LogP contribution in [0.3, 0.4) is 0 Å². The van der Waals surface area contributed by atoms with E-state index in [0.717, 1.165) is 17.1 Å². The monoisotopic (exact) mass is 222 g/mol. The lowest BCUT2D eigenvalue weighted by Gasteiger charge is -2.21. The highest BCUT2D eigenvalue weighted by molar-refractivity contribution is 5.49. The van der Waals surface area contributed by atoms with Gasteiger partial charge in [0.05, 0.1) is 24.3 Å². The fourth-order valence-electron chi connectivity index (χ4n) is 1.89. The van der Waals surface area contributed by atoms with Crippen molar-refractivity contribution in [2.75, 3.05) is 18.5 Å². The van der Waals surface area contributed by atoms with Gasteiger partial charge in [0.1, 0.15) is 5.82 Å². The van der Waals surface area contributed by atoms with Gasteiger partial charge < -0.3 is 10.0 Å². The molecule has 0 aromatic carbocycles. The maximum atomic E-state index is 9.31. The Hall–Kier alpha value is -1.54. The Bertz CT molecular complexity index is 405. The summed E-state index contributed by atoms with van der Waals surface area (Å²) in [7, 11) is 3.75. The summed E-state index contributed by atoms with van der Waals surface area (Å²) < 4.78 is 1.74. The van der Waals surface area contributed by atoms with Crippen LogP contribution in [0.2, 0.25) is 0 Å². The molecule has 1 atom stereocenters. The first kappa shape index (κ1) is 12.5. The minimum Gasteiger partial charge on any atom is -0.391 e. The van der Waals surface area contributed by atoms with Crippen LogP contribution < -0.4 is 4.90 Å². The number of nitriles is 1. The molecule has 88 valence electrons. The van der Waals surface area contributed by atoms with Crippen LogP contribution in [0.15, 0.2) is 0 Å². The van der Waals surface area contributed by atoms with Gasteiger partial charge in [-0.15, -0.1) is 0 Å². The van der Waals surface area contributed by atoms with Crippen molar-refractivity contribution in [3.05, 3.63) is 11.3 Å². The van der Waals surface area contributed by atoms with Crippen LogP contribution in [0.5, 0.6) is 0 Å². The molecule has 0 saturated carbocycles. The van der Waals surface area contributed by atoms with Gasteiger partial charge in [0, 0.05) is 26.2 Å². The summed E-state index contributed by atoms with van der Waals surface area (Å²) in [6, 6.07) is 2.20. The van der Waals surface area contributed by atoms with E-state index in [2.05, 4.69) is 11.2 Å². The van der Waals surface area contributed by atoms with Gasteiger partial charge in [-0.3, -0.25) is 4.68 Å². The molecule has 0 amide bonds. The Balaban J connectivity index is 2.99. The maximum absolute atomic E-state index is 9.31. The summed E-state index contributed by atoms with van der Waals surface area (Å²) in [6.07, 6.45) is 0. The van der Waals surface area contributed by atoms with Crippen LogP contribution in [0.4, 0.5) is 5.82 Å². The van der Waals surface area contributed by atoms with Gasteiger partial charge in [0.15, 0.2) is 0 Å². The molecule has 1 rings (SSSR count). The second-order valence-corrected chi connectivity index (χ2v) is 4.08. The van der Waals surface area contributed by atoms with E-state index in [1.807, 2.05) is 32.8 Å². The van der Waals surface area contributed by atoms with Crippen LogP contribution in [-0.4, -0.2) is 28.5 Å². The highest BCUT2D eigenvalue weighted by atomic mass is 16.3. The number of rotatable bonds is 4. The standard InChI is InChI=1S/C11H18N4O/c1-8(5-12)6-14(3)11-10(7-16)9(2)13-15(11)4/h8,16H,6-7H2,1-4H3. The third-order valence-electron chi connectivity index (χ3n) is 2.60. The van der Waals surface area contributed by atoms with Crippen molar-refractivity contribution >= 4 is 5.82 Å². The van der Waals surface area contributed by atoms with Crippen LogP contribution >= 0.6 is 0 Å². The second-order valence-electron chi connectivity index (χ2n) is 4.08. The maximum Gasteiger partial charge on any atom is 0.132 e. The van der Waals surface area contributed by atoms with E-state index in [4.69, 9.17) is 5.26 Å². The minimum atomic E-state index is -0.0493. The lowest BCUT2D eigenvalue weighted by molar-refractivity contribution is 0.281. The summed E-state index contributed by atoms with van der Waals surface area (Å²) >= 11 is 0. The number of hydrogen-bond donors (Lipinski definition) is 1. The smallest absolute Gasteiger partial charge is 0.132 e. The first-order chi connectivity index (χ1) is 7.51. The molecule has 1 aromatic rings. The summed E-state index contributed by atoms with van der Waals surface area (Å²) in [5, 5.41) is 22.4. The molecule has 0 fully saturated rings. The lowest BCUT2D eigenvalue weighted by atomic mass is 10.2. The molecule has 5 heteroatoms. The molecular formula is C11H18N4O. The molecule has 16 heavy (non-hydrogen) atoms. The Morgan fingerprint density at radius 1 is 1.62 bits per heavy atom. The van der Waals surface area contributed by atoms with Crippen LogP contribution in [-0.2, 0) is 13.7 Å². The predicted molar refractivity (Wildman–Crippen MR) is 61.9 cm³/mol. The van der Waals surface area contributed by atoms with Crippen LogP contribution in [0.25, 0.3) is 0 Å². The van der Waals surface area contributed by atoms with Gasteiger partial charge >= 0.3 is 0 Å². The quantitative estimate of drug-likeness (QED) is 0.819. The molecule has 0 radical (unpaired) electrons. The number of hydrogen-bond acceptors (Lipinski definition) is 4. The average molecular weight is 222 g/mol. The second kappa shape index (κ2) is 4.99. The zero-order valence-electron chi connectivity index (χ0n) is 10.2. The van der Waals surface area contributed by atoms with E-state index in [1.54, 1.807) is 4.68 Å². The fourth-order valence-corrected chi connectivity index (χ4v) is 1.89. The number of anilines is 1. The topological polar surface area (TPSA) is 65.1 Å². The van der Waals surface area contributed by atoms with E-state index >= 15 is 0 Å². The molecule has 0 spiro atoms. The molecule has 1 N–H and O–H groups in total. The van der Waals surface area contributed by atoms with Crippen molar-refractivity contribution in [2.45, 2.75) is 20.5 Å². The molecule has 0 saturated heterocycles. The van der Waals surface area contributed by atoms with E-state index in [9.17, 15) is 5.11 Å². The number of aryl methyl sites for hydroxylation is 2. The molecule has 1 heterocycles. The van der Waals surface area contributed by atoms with Crippen LogP contribution in [0.1, 0.15) is 18.2 Å². The Morgan fingerprint density at radius 3 is 2.75 bits per heavy atom. The van der Waals surface area contributed by atoms with E-state index in [1.165, 1.54) is 0 Å². The Kier molecular flexibility index (Phi) is 3.91. The van der Waals surface area contributed by atoms with Crippen molar-refractivity contribution in [3.63, 3.8) is 0 Å². The average Bonchev–Trinajstić information content (AvgIpc) is 2.52. The SMILES string of the molecule is Cc1nn(C)c(N(C)CC(C)C#N)c1CO. The molecule has 0 aliphatic rings. The number of aromatic nitrogens is 2. The number of aliphatic hydroxyl groups is 1. The molecule has 1 aromatic heterocycles. The van der Waals surface area contributed by atoms with Crippen molar-refractivity contribution in [3.8, 4) is 6.07 Å². The van der Waals surface area contributed by atoms with Crippen molar-refractivity contribution < 1.29 is 5.11 Å². The highest BCUT2D eigenvalue weighted by Gasteiger charge is 2.17. The summed E-state index contributed by atoms with van der Waals surface area (Å²) in [5.41, 5.74) is 1.66. The molecular weight excluding hydrogens is 204 g/mol. The lowest BCUT2D eigenvalue weighted by Crippen LogP contribution is -2.26. The molecule has 0 aliphatic heterocycles. The third kappa shape index (κ3) is 2.34. The van der Waals surface area contributed by atoms with E-state index in [-0.39, 0.29) is 12.5 Å². The predicted octanol–water partition coefficient (Wildman–Crippen LogP) is 0.817. The Morgan fingerprint density at radius 2 is 2.25 bits per heavy atom. The van der Waals surface area contributed by atoms with E-state index in [0.29, 0.717) is 6.54 Å². The van der Waals surface area contributed by atoms with Crippen LogP contribution in [0, 0.1) is 24.2 Å². The first-order valence-electron chi connectivity index (χ1n) is 5.25. The highest BCUT2D eigenvalue weighted by Crippen LogP contribution is 2.22. The van der Waals surface area contributed by atoms with Crippen molar-refractivity contribution in [2.24, 2.45) is 13.0 Å². The van der Waals surface area contributed by atoms with Gasteiger partial charge in [-0.25, -0.2) is 0 Å². The summed E-state index contributed by atoms with van der Waals surface area (Å²) in [5.74, 6) is 0.828. The van der Waals surface area contributed by atoms with Gasteiger partial charge in [-0.05, 0) is 13.8 Å². The van der Waals surface area contributed by atoms with Gasteiger partial charge in [-0.1, -0.05) is 0 Å². The normalized spacial score (nSPS) is 12.2.